The van der Waals surface area contributed by atoms with Gasteiger partial charge in [0.05, 0.1) is 5.69 Å². The largest absolute Gasteiger partial charge is 0.260 e. The Labute approximate surface area is 122 Å². The van der Waals surface area contributed by atoms with Crippen LogP contribution in [0.2, 0.25) is 0 Å². The molecule has 1 aromatic heterocycles. The summed E-state index contributed by atoms with van der Waals surface area (Å²) >= 11 is 0. The maximum atomic E-state index is 4.54. The minimum Gasteiger partial charge on any atom is -0.260 e. The zero-order valence-electron chi connectivity index (χ0n) is 11.5. The highest BCUT2D eigenvalue weighted by molar-refractivity contribution is 6.07. The lowest BCUT2D eigenvalue weighted by Gasteiger charge is -2.08. The molecule has 1 nitrogen and oxygen atoms in total. The van der Waals surface area contributed by atoms with Crippen LogP contribution in [-0.2, 0) is 6.42 Å². The van der Waals surface area contributed by atoms with E-state index in [4.69, 9.17) is 0 Å². The smallest absolute Gasteiger partial charge is 0.0526 e. The predicted molar refractivity (Wildman–Crippen MR) is 87.5 cm³/mol. The average molecular weight is 267 g/mol. The molecule has 0 spiro atoms. The summed E-state index contributed by atoms with van der Waals surface area (Å²) in [5.74, 6) is 0. The average Bonchev–Trinajstić information content (AvgIpc) is 2.92. The van der Waals surface area contributed by atoms with Crippen LogP contribution in [0.25, 0.3) is 32.7 Å². The van der Waals surface area contributed by atoms with Crippen molar-refractivity contribution in [3.8, 4) is 11.1 Å². The number of nitrogens with zero attached hydrogens (tertiary/aromatic N) is 1. The first-order chi connectivity index (χ1) is 10.4. The van der Waals surface area contributed by atoms with Gasteiger partial charge in [-0.2, -0.15) is 0 Å². The highest BCUT2D eigenvalue weighted by Gasteiger charge is 2.21. The van der Waals surface area contributed by atoms with E-state index in [1.807, 2.05) is 12.3 Å². The van der Waals surface area contributed by atoms with Crippen molar-refractivity contribution in [2.45, 2.75) is 6.42 Å². The Morgan fingerprint density at radius 3 is 2.52 bits per heavy atom. The van der Waals surface area contributed by atoms with Gasteiger partial charge in [0.1, 0.15) is 0 Å². The zero-order chi connectivity index (χ0) is 13.8. The molecule has 0 fully saturated rings. The summed E-state index contributed by atoms with van der Waals surface area (Å²) in [5.41, 5.74) is 5.27. The predicted octanol–water partition coefficient (Wildman–Crippen LogP) is 4.96. The van der Waals surface area contributed by atoms with E-state index in [0.29, 0.717) is 0 Å². The summed E-state index contributed by atoms with van der Waals surface area (Å²) in [5, 5.41) is 5.26. The Morgan fingerprint density at radius 2 is 1.62 bits per heavy atom. The van der Waals surface area contributed by atoms with Crippen LogP contribution >= 0.6 is 0 Å². The van der Waals surface area contributed by atoms with Crippen molar-refractivity contribution in [2.24, 2.45) is 0 Å². The van der Waals surface area contributed by atoms with Gasteiger partial charge < -0.3 is 0 Å². The Morgan fingerprint density at radius 1 is 0.762 bits per heavy atom. The minimum absolute atomic E-state index is 0.953. The van der Waals surface area contributed by atoms with Crippen LogP contribution in [0.5, 0.6) is 0 Å². The number of rotatable bonds is 0. The van der Waals surface area contributed by atoms with Crippen LogP contribution in [0.15, 0.2) is 66.9 Å². The molecule has 0 radical (unpaired) electrons. The molecule has 1 aliphatic carbocycles. The van der Waals surface area contributed by atoms with Gasteiger partial charge in [0, 0.05) is 18.2 Å². The number of fused-ring (bicyclic) bond motifs is 6. The fourth-order valence-corrected chi connectivity index (χ4v) is 3.51. The Bertz CT molecular complexity index is 1010. The number of hydrogen-bond acceptors (Lipinski definition) is 1. The maximum absolute atomic E-state index is 4.54. The van der Waals surface area contributed by atoms with Gasteiger partial charge in [0.25, 0.3) is 0 Å². The molecule has 0 N–H and O–H groups in total. The Balaban J connectivity index is 1.95. The van der Waals surface area contributed by atoms with Crippen molar-refractivity contribution in [1.82, 2.24) is 4.98 Å². The van der Waals surface area contributed by atoms with Gasteiger partial charge in [-0.15, -0.1) is 0 Å². The standard InChI is InChI=1S/C20H13N/c1-2-5-14-11-18-15(10-13(14)4-1)7-8-16-12-19-17(20(16)18)6-3-9-21-19/h1-11H,12H2. The third-order valence-corrected chi connectivity index (χ3v) is 4.49. The van der Waals surface area contributed by atoms with Crippen molar-refractivity contribution in [2.75, 3.05) is 0 Å². The van der Waals surface area contributed by atoms with Crippen molar-refractivity contribution in [3.05, 3.63) is 78.1 Å². The van der Waals surface area contributed by atoms with Crippen LogP contribution < -0.4 is 0 Å². The summed E-state index contributed by atoms with van der Waals surface area (Å²) in [6.07, 6.45) is 2.84. The van der Waals surface area contributed by atoms with Gasteiger partial charge in [-0.1, -0.05) is 42.5 Å². The molecule has 0 bridgehead atoms. The normalized spacial score (nSPS) is 12.6. The number of aromatic nitrogens is 1. The molecule has 0 saturated carbocycles. The number of benzene rings is 3. The topological polar surface area (TPSA) is 12.9 Å². The van der Waals surface area contributed by atoms with Gasteiger partial charge in [-0.3, -0.25) is 4.98 Å². The van der Waals surface area contributed by atoms with Crippen LogP contribution in [0.4, 0.5) is 0 Å². The third kappa shape index (κ3) is 1.49. The summed E-state index contributed by atoms with van der Waals surface area (Å²) in [6, 6.07) is 21.9. The number of pyridine rings is 1. The summed E-state index contributed by atoms with van der Waals surface area (Å²) in [6.45, 7) is 0. The quantitative estimate of drug-likeness (QED) is 0.361. The molecule has 0 amide bonds. The van der Waals surface area contributed by atoms with E-state index in [-0.39, 0.29) is 0 Å². The van der Waals surface area contributed by atoms with Crippen molar-refractivity contribution < 1.29 is 0 Å². The molecule has 0 saturated heterocycles. The molecular weight excluding hydrogens is 254 g/mol. The van der Waals surface area contributed by atoms with Crippen molar-refractivity contribution in [3.63, 3.8) is 0 Å². The van der Waals surface area contributed by atoms with E-state index in [2.05, 4.69) is 59.6 Å². The van der Waals surface area contributed by atoms with Crippen LogP contribution in [-0.4, -0.2) is 4.98 Å². The minimum atomic E-state index is 0.953. The lowest BCUT2D eigenvalue weighted by Crippen LogP contribution is -1.83. The summed E-state index contributed by atoms with van der Waals surface area (Å²) < 4.78 is 0. The Kier molecular flexibility index (Phi) is 2.06. The van der Waals surface area contributed by atoms with Crippen LogP contribution in [0.3, 0.4) is 0 Å². The highest BCUT2D eigenvalue weighted by Crippen LogP contribution is 2.41. The van der Waals surface area contributed by atoms with Crippen molar-refractivity contribution >= 4 is 21.5 Å². The third-order valence-electron chi connectivity index (χ3n) is 4.49. The van der Waals surface area contributed by atoms with E-state index < -0.39 is 0 Å². The first-order valence-corrected chi connectivity index (χ1v) is 7.29. The molecule has 1 heteroatoms. The van der Waals surface area contributed by atoms with E-state index in [1.54, 1.807) is 0 Å². The molecule has 4 aromatic rings. The molecule has 21 heavy (non-hydrogen) atoms. The summed E-state index contributed by atoms with van der Waals surface area (Å²) in [7, 11) is 0. The molecule has 5 rings (SSSR count). The molecule has 1 heterocycles. The van der Waals surface area contributed by atoms with Crippen molar-refractivity contribution in [1.29, 1.82) is 0 Å². The molecule has 3 aromatic carbocycles. The van der Waals surface area contributed by atoms with E-state index >= 15 is 0 Å². The Hall–Kier alpha value is -2.67. The fraction of sp³-hybridized carbons (Fsp3) is 0.0500. The molecule has 1 aliphatic rings. The second kappa shape index (κ2) is 3.92. The van der Waals surface area contributed by atoms with Gasteiger partial charge in [-0.25, -0.2) is 0 Å². The zero-order valence-corrected chi connectivity index (χ0v) is 11.5. The molecule has 0 atom stereocenters. The molecule has 98 valence electrons. The lowest BCUT2D eigenvalue weighted by molar-refractivity contribution is 1.12. The van der Waals surface area contributed by atoms with Gasteiger partial charge in [-0.05, 0) is 50.9 Å². The first kappa shape index (κ1) is 11.0. The van der Waals surface area contributed by atoms with E-state index in [9.17, 15) is 0 Å². The molecule has 0 unspecified atom stereocenters. The molecule has 0 aliphatic heterocycles. The lowest BCUT2D eigenvalue weighted by atomic mass is 9.95. The molecular formula is C20H13N. The first-order valence-electron chi connectivity index (χ1n) is 7.29. The summed E-state index contributed by atoms with van der Waals surface area (Å²) in [4.78, 5) is 4.54. The van der Waals surface area contributed by atoms with Gasteiger partial charge >= 0.3 is 0 Å². The SMILES string of the molecule is c1cnc2c(c1)-c1c(ccc3cc4ccccc4cc13)C2. The monoisotopic (exact) mass is 267 g/mol. The van der Waals surface area contributed by atoms with E-state index in [1.165, 1.54) is 43.9 Å². The maximum Gasteiger partial charge on any atom is 0.0526 e. The fourth-order valence-electron chi connectivity index (χ4n) is 3.51. The second-order valence-electron chi connectivity index (χ2n) is 5.69. The number of hydrogen-bond donors (Lipinski definition) is 0. The van der Waals surface area contributed by atoms with Crippen LogP contribution in [0, 0.1) is 0 Å². The van der Waals surface area contributed by atoms with Gasteiger partial charge in [0.15, 0.2) is 0 Å². The highest BCUT2D eigenvalue weighted by atomic mass is 14.7. The second-order valence-corrected chi connectivity index (χ2v) is 5.69. The van der Waals surface area contributed by atoms with Gasteiger partial charge in [0.2, 0.25) is 0 Å². The van der Waals surface area contributed by atoms with E-state index in [0.717, 1.165) is 6.42 Å². The van der Waals surface area contributed by atoms with Crippen LogP contribution in [0.1, 0.15) is 11.3 Å².